The van der Waals surface area contributed by atoms with Crippen LogP contribution in [0.3, 0.4) is 0 Å². The Bertz CT molecular complexity index is 688. The van der Waals surface area contributed by atoms with E-state index in [1.165, 1.54) is 18.2 Å². The van der Waals surface area contributed by atoms with Crippen molar-refractivity contribution in [2.24, 2.45) is 0 Å². The number of carbonyl (C=O) groups is 1. The van der Waals surface area contributed by atoms with E-state index in [0.717, 1.165) is 5.56 Å². The van der Waals surface area contributed by atoms with Gasteiger partial charge in [-0.15, -0.1) is 0 Å². The van der Waals surface area contributed by atoms with Crippen LogP contribution in [0.5, 0.6) is 0 Å². The molecule has 0 saturated heterocycles. The van der Waals surface area contributed by atoms with Crippen molar-refractivity contribution in [2.75, 3.05) is 0 Å². The lowest BCUT2D eigenvalue weighted by Crippen LogP contribution is -2.26. The van der Waals surface area contributed by atoms with Crippen LogP contribution in [0.4, 0.5) is 4.39 Å². The fourth-order valence-corrected chi connectivity index (χ4v) is 2.57. The van der Waals surface area contributed by atoms with Crippen LogP contribution >= 0.6 is 23.2 Å². The van der Waals surface area contributed by atoms with Gasteiger partial charge in [-0.2, -0.15) is 0 Å². The summed E-state index contributed by atoms with van der Waals surface area (Å²) in [7, 11) is 0. The molecule has 2 nitrogen and oxygen atoms in total. The van der Waals surface area contributed by atoms with Crippen molar-refractivity contribution in [2.45, 2.75) is 19.9 Å². The van der Waals surface area contributed by atoms with Crippen molar-refractivity contribution in [1.29, 1.82) is 0 Å². The number of halogens is 3. The quantitative estimate of drug-likeness (QED) is 0.851. The molecule has 1 N–H and O–H groups in total. The Morgan fingerprint density at radius 1 is 1.19 bits per heavy atom. The summed E-state index contributed by atoms with van der Waals surface area (Å²) in [6.45, 7) is 3.44. The third-order valence-corrected chi connectivity index (χ3v) is 3.76. The SMILES string of the molecule is Cc1cc(C(=O)NC(C)c2ccc(Cl)cc2Cl)ccc1F. The predicted octanol–water partition coefficient (Wildman–Crippen LogP) is 4.93. The van der Waals surface area contributed by atoms with Crippen molar-refractivity contribution < 1.29 is 9.18 Å². The number of hydrogen-bond donors (Lipinski definition) is 1. The van der Waals surface area contributed by atoms with E-state index in [1.807, 2.05) is 6.92 Å². The van der Waals surface area contributed by atoms with E-state index in [2.05, 4.69) is 5.32 Å². The van der Waals surface area contributed by atoms with Crippen LogP contribution in [0, 0.1) is 12.7 Å². The average molecular weight is 326 g/mol. The number of nitrogens with one attached hydrogen (secondary N) is 1. The smallest absolute Gasteiger partial charge is 0.251 e. The molecule has 1 atom stereocenters. The molecular formula is C16H14Cl2FNO. The summed E-state index contributed by atoms with van der Waals surface area (Å²) in [6, 6.07) is 9.08. The van der Waals surface area contributed by atoms with Crippen molar-refractivity contribution >= 4 is 29.1 Å². The Kier molecular flexibility index (Phi) is 4.86. The first kappa shape index (κ1) is 15.8. The molecule has 0 aromatic heterocycles. The molecule has 5 heteroatoms. The molecule has 0 aliphatic carbocycles. The van der Waals surface area contributed by atoms with Crippen LogP contribution in [0.2, 0.25) is 10.0 Å². The summed E-state index contributed by atoms with van der Waals surface area (Å²) in [4.78, 5) is 12.2. The maximum Gasteiger partial charge on any atom is 0.251 e. The molecular weight excluding hydrogens is 312 g/mol. The van der Waals surface area contributed by atoms with Gasteiger partial charge in [0, 0.05) is 15.6 Å². The average Bonchev–Trinajstić information content (AvgIpc) is 2.41. The number of aryl methyl sites for hydroxylation is 1. The molecule has 0 radical (unpaired) electrons. The Morgan fingerprint density at radius 2 is 1.90 bits per heavy atom. The molecule has 110 valence electrons. The van der Waals surface area contributed by atoms with Crippen LogP contribution in [0.25, 0.3) is 0 Å². The lowest BCUT2D eigenvalue weighted by molar-refractivity contribution is 0.0940. The summed E-state index contributed by atoms with van der Waals surface area (Å²) in [5.74, 6) is -0.614. The van der Waals surface area contributed by atoms with Gasteiger partial charge in [0.05, 0.1) is 6.04 Å². The summed E-state index contributed by atoms with van der Waals surface area (Å²) in [5, 5.41) is 3.86. The van der Waals surface area contributed by atoms with Crippen LogP contribution in [0.15, 0.2) is 36.4 Å². The Hall–Kier alpha value is -1.58. The molecule has 21 heavy (non-hydrogen) atoms. The molecule has 2 rings (SSSR count). The number of benzene rings is 2. The van der Waals surface area contributed by atoms with Gasteiger partial charge in [0.25, 0.3) is 5.91 Å². The summed E-state index contributed by atoms with van der Waals surface area (Å²) in [6.07, 6.45) is 0. The normalized spacial score (nSPS) is 12.0. The zero-order chi connectivity index (χ0) is 15.6. The van der Waals surface area contributed by atoms with E-state index in [9.17, 15) is 9.18 Å². The fourth-order valence-electron chi connectivity index (χ4n) is 2.00. The van der Waals surface area contributed by atoms with Gasteiger partial charge in [0.2, 0.25) is 0 Å². The number of carbonyl (C=O) groups excluding carboxylic acids is 1. The first-order chi connectivity index (χ1) is 9.88. The Labute approximate surface area is 132 Å². The van der Waals surface area contributed by atoms with Crippen LogP contribution in [-0.4, -0.2) is 5.91 Å². The second-order valence-corrected chi connectivity index (χ2v) is 5.67. The van der Waals surface area contributed by atoms with E-state index < -0.39 is 0 Å². The fraction of sp³-hybridized carbons (Fsp3) is 0.188. The van der Waals surface area contributed by atoms with E-state index in [4.69, 9.17) is 23.2 Å². The summed E-state index contributed by atoms with van der Waals surface area (Å²) in [5.41, 5.74) is 1.61. The van der Waals surface area contributed by atoms with E-state index >= 15 is 0 Å². The molecule has 0 aliphatic rings. The molecule has 0 saturated carbocycles. The molecule has 0 aliphatic heterocycles. The predicted molar refractivity (Wildman–Crippen MR) is 83.5 cm³/mol. The maximum absolute atomic E-state index is 13.2. The van der Waals surface area contributed by atoms with Gasteiger partial charge in [-0.3, -0.25) is 4.79 Å². The zero-order valence-corrected chi connectivity index (χ0v) is 13.1. The molecule has 0 fully saturated rings. The number of hydrogen-bond acceptors (Lipinski definition) is 1. The third kappa shape index (κ3) is 3.74. The molecule has 1 unspecified atom stereocenters. The van der Waals surface area contributed by atoms with Crippen molar-refractivity contribution in [3.8, 4) is 0 Å². The molecule has 0 bridgehead atoms. The Balaban J connectivity index is 2.16. The van der Waals surface area contributed by atoms with E-state index in [-0.39, 0.29) is 17.8 Å². The first-order valence-corrected chi connectivity index (χ1v) is 7.16. The largest absolute Gasteiger partial charge is 0.345 e. The summed E-state index contributed by atoms with van der Waals surface area (Å²) >= 11 is 12.0. The minimum absolute atomic E-state index is 0.281. The molecule has 0 spiro atoms. The maximum atomic E-state index is 13.2. The zero-order valence-electron chi connectivity index (χ0n) is 11.6. The summed E-state index contributed by atoms with van der Waals surface area (Å²) < 4.78 is 13.2. The van der Waals surface area contributed by atoms with Gasteiger partial charge in [0.15, 0.2) is 0 Å². The molecule has 2 aromatic carbocycles. The highest BCUT2D eigenvalue weighted by Crippen LogP contribution is 2.26. The minimum Gasteiger partial charge on any atom is -0.345 e. The van der Waals surface area contributed by atoms with Crippen molar-refractivity contribution in [3.63, 3.8) is 0 Å². The van der Waals surface area contributed by atoms with Crippen molar-refractivity contribution in [3.05, 3.63) is 69.0 Å². The van der Waals surface area contributed by atoms with Gasteiger partial charge >= 0.3 is 0 Å². The monoisotopic (exact) mass is 325 g/mol. The van der Waals surface area contributed by atoms with Gasteiger partial charge in [-0.25, -0.2) is 4.39 Å². The van der Waals surface area contributed by atoms with Gasteiger partial charge in [-0.05, 0) is 55.3 Å². The third-order valence-electron chi connectivity index (χ3n) is 3.20. The van der Waals surface area contributed by atoms with E-state index in [1.54, 1.807) is 25.1 Å². The molecule has 0 heterocycles. The second kappa shape index (κ2) is 6.46. The highest BCUT2D eigenvalue weighted by Gasteiger charge is 2.15. The van der Waals surface area contributed by atoms with Gasteiger partial charge in [-0.1, -0.05) is 29.3 Å². The highest BCUT2D eigenvalue weighted by atomic mass is 35.5. The lowest BCUT2D eigenvalue weighted by Gasteiger charge is -2.16. The first-order valence-electron chi connectivity index (χ1n) is 6.40. The molecule has 2 aromatic rings. The number of amides is 1. The van der Waals surface area contributed by atoms with E-state index in [0.29, 0.717) is 21.2 Å². The van der Waals surface area contributed by atoms with Crippen molar-refractivity contribution in [1.82, 2.24) is 5.32 Å². The van der Waals surface area contributed by atoms with Crippen LogP contribution in [0.1, 0.15) is 34.5 Å². The van der Waals surface area contributed by atoms with Gasteiger partial charge in [0.1, 0.15) is 5.82 Å². The lowest BCUT2D eigenvalue weighted by atomic mass is 10.1. The van der Waals surface area contributed by atoms with Gasteiger partial charge < -0.3 is 5.32 Å². The van der Waals surface area contributed by atoms with Crippen LogP contribution < -0.4 is 5.32 Å². The van der Waals surface area contributed by atoms with Crippen LogP contribution in [-0.2, 0) is 0 Å². The Morgan fingerprint density at radius 3 is 2.52 bits per heavy atom. The second-order valence-electron chi connectivity index (χ2n) is 4.82. The highest BCUT2D eigenvalue weighted by molar-refractivity contribution is 6.35. The molecule has 1 amide bonds. The number of rotatable bonds is 3. The topological polar surface area (TPSA) is 29.1 Å². The minimum atomic E-state index is -0.333. The standard InChI is InChI=1S/C16H14Cl2FNO/c1-9-7-11(3-6-15(9)19)16(21)20-10(2)13-5-4-12(17)8-14(13)18/h3-8,10H,1-2H3,(H,20,21).